The highest BCUT2D eigenvalue weighted by Crippen LogP contribution is 2.35. The summed E-state index contributed by atoms with van der Waals surface area (Å²) in [5.74, 6) is 2.00. The largest absolute Gasteiger partial charge is 0.496 e. The molecule has 28 heavy (non-hydrogen) atoms. The van der Waals surface area contributed by atoms with Crippen molar-refractivity contribution in [2.75, 3.05) is 13.7 Å². The van der Waals surface area contributed by atoms with Crippen LogP contribution in [-0.4, -0.2) is 34.8 Å². The van der Waals surface area contributed by atoms with E-state index in [9.17, 15) is 4.79 Å². The summed E-state index contributed by atoms with van der Waals surface area (Å²) in [5.41, 5.74) is 1.93. The fourth-order valence-corrected chi connectivity index (χ4v) is 3.54. The lowest BCUT2D eigenvalue weighted by Crippen LogP contribution is -2.30. The van der Waals surface area contributed by atoms with E-state index >= 15 is 0 Å². The molecule has 0 radical (unpaired) electrons. The Balaban J connectivity index is 1.58. The summed E-state index contributed by atoms with van der Waals surface area (Å²) in [7, 11) is 1.60. The predicted molar refractivity (Wildman–Crippen MR) is 102 cm³/mol. The average molecular weight is 381 g/mol. The molecule has 4 rings (SSSR count). The van der Waals surface area contributed by atoms with Crippen LogP contribution >= 0.6 is 0 Å². The summed E-state index contributed by atoms with van der Waals surface area (Å²) in [6.07, 6.45) is 1.75. The molecule has 1 amide bonds. The zero-order chi connectivity index (χ0) is 19.7. The molecule has 0 spiro atoms. The van der Waals surface area contributed by atoms with Crippen LogP contribution in [0.2, 0.25) is 0 Å². The zero-order valence-corrected chi connectivity index (χ0v) is 16.2. The number of hydrogen-bond acceptors (Lipinski definition) is 6. The molecule has 0 aliphatic carbocycles. The Morgan fingerprint density at radius 2 is 2.04 bits per heavy atom. The van der Waals surface area contributed by atoms with Crippen molar-refractivity contribution in [2.24, 2.45) is 0 Å². The van der Waals surface area contributed by atoms with E-state index < -0.39 is 0 Å². The van der Waals surface area contributed by atoms with Gasteiger partial charge in [-0.25, -0.2) is 0 Å². The molecule has 1 aliphatic heterocycles. The van der Waals surface area contributed by atoms with Crippen molar-refractivity contribution in [2.45, 2.75) is 38.6 Å². The third kappa shape index (κ3) is 3.28. The number of nitrogens with zero attached hydrogens (tertiary/aromatic N) is 3. The van der Waals surface area contributed by atoms with Gasteiger partial charge < -0.3 is 18.7 Å². The molecule has 1 aliphatic rings. The second-order valence-corrected chi connectivity index (χ2v) is 7.24. The van der Waals surface area contributed by atoms with Gasteiger partial charge in [0, 0.05) is 18.7 Å². The molecular weight excluding hydrogens is 358 g/mol. The van der Waals surface area contributed by atoms with Gasteiger partial charge in [-0.2, -0.15) is 0 Å². The smallest absolute Gasteiger partial charge is 0.276 e. The van der Waals surface area contributed by atoms with Crippen LogP contribution in [0.5, 0.6) is 5.75 Å². The van der Waals surface area contributed by atoms with E-state index in [0.29, 0.717) is 18.1 Å². The summed E-state index contributed by atoms with van der Waals surface area (Å²) >= 11 is 0. The highest BCUT2D eigenvalue weighted by Gasteiger charge is 2.35. The fraction of sp³-hybridized carbons (Fsp3) is 0.381. The van der Waals surface area contributed by atoms with Crippen LogP contribution in [0, 0.1) is 0 Å². The van der Waals surface area contributed by atoms with Gasteiger partial charge in [-0.3, -0.25) is 4.79 Å². The van der Waals surface area contributed by atoms with Crippen LogP contribution in [0.4, 0.5) is 0 Å². The first-order valence-electron chi connectivity index (χ1n) is 9.46. The van der Waals surface area contributed by atoms with E-state index in [-0.39, 0.29) is 23.6 Å². The first kappa shape index (κ1) is 18.3. The molecule has 0 unspecified atom stereocenters. The lowest BCUT2D eigenvalue weighted by molar-refractivity contribution is 0.0704. The van der Waals surface area contributed by atoms with Crippen molar-refractivity contribution in [3.8, 4) is 17.1 Å². The maximum atomic E-state index is 13.1. The minimum Gasteiger partial charge on any atom is -0.496 e. The Hall–Kier alpha value is -3.09. The minimum atomic E-state index is -0.171. The number of hydrogen-bond donors (Lipinski definition) is 0. The number of methoxy groups -OCH3 is 1. The predicted octanol–water partition coefficient (Wildman–Crippen LogP) is 4.44. The second-order valence-electron chi connectivity index (χ2n) is 7.24. The Labute approximate surface area is 163 Å². The number of carbonyl (C=O) groups excluding carboxylic acids is 1. The zero-order valence-electron chi connectivity index (χ0n) is 16.2. The molecule has 1 saturated heterocycles. The van der Waals surface area contributed by atoms with E-state index in [4.69, 9.17) is 13.8 Å². The van der Waals surface area contributed by atoms with Crippen molar-refractivity contribution in [1.29, 1.82) is 0 Å². The van der Waals surface area contributed by atoms with Gasteiger partial charge in [-0.15, -0.1) is 0 Å². The molecule has 1 fully saturated rings. The summed E-state index contributed by atoms with van der Waals surface area (Å²) < 4.78 is 16.3. The third-order valence-electron chi connectivity index (χ3n) is 5.08. The Bertz CT molecular complexity index is 975. The molecular formula is C21H23N3O4. The summed E-state index contributed by atoms with van der Waals surface area (Å²) in [6, 6.07) is 11.0. The Morgan fingerprint density at radius 1 is 1.21 bits per heavy atom. The van der Waals surface area contributed by atoms with Crippen LogP contribution in [0.3, 0.4) is 0 Å². The van der Waals surface area contributed by atoms with Crippen LogP contribution in [0.1, 0.15) is 60.6 Å². The summed E-state index contributed by atoms with van der Waals surface area (Å²) in [5, 5.41) is 8.13. The van der Waals surface area contributed by atoms with Gasteiger partial charge in [0.05, 0.1) is 24.4 Å². The summed E-state index contributed by atoms with van der Waals surface area (Å²) in [6.45, 7) is 4.78. The number of likely N-dealkylation sites (tertiary alicyclic amines) is 1. The van der Waals surface area contributed by atoms with Gasteiger partial charge in [0.1, 0.15) is 5.75 Å². The molecule has 0 bridgehead atoms. The quantitative estimate of drug-likeness (QED) is 0.650. The van der Waals surface area contributed by atoms with Gasteiger partial charge in [-0.1, -0.05) is 36.3 Å². The molecule has 1 atom stereocenters. The topological polar surface area (TPSA) is 81.6 Å². The number of para-hydroxylation sites is 1. The number of carbonyl (C=O) groups is 1. The van der Waals surface area contributed by atoms with Gasteiger partial charge in [0.25, 0.3) is 5.91 Å². The summed E-state index contributed by atoms with van der Waals surface area (Å²) in [4.78, 5) is 14.9. The van der Waals surface area contributed by atoms with Gasteiger partial charge in [-0.05, 0) is 30.9 Å². The van der Waals surface area contributed by atoms with Crippen LogP contribution in [0.25, 0.3) is 11.3 Å². The lowest BCUT2D eigenvalue weighted by Gasteiger charge is -2.21. The van der Waals surface area contributed by atoms with Crippen molar-refractivity contribution < 1.29 is 18.6 Å². The first-order chi connectivity index (χ1) is 13.6. The van der Waals surface area contributed by atoms with Crippen molar-refractivity contribution in [3.63, 3.8) is 0 Å². The SMILES string of the molecule is COc1ccccc1-c1cc(C(=O)N2CCC[C@@H]2c2cc(C(C)C)no2)no1. The van der Waals surface area contributed by atoms with Crippen LogP contribution in [-0.2, 0) is 0 Å². The minimum absolute atomic E-state index is 0.126. The molecule has 0 saturated carbocycles. The first-order valence-corrected chi connectivity index (χ1v) is 9.46. The van der Waals surface area contributed by atoms with E-state index in [0.717, 1.165) is 29.9 Å². The monoisotopic (exact) mass is 381 g/mol. The highest BCUT2D eigenvalue weighted by molar-refractivity contribution is 5.93. The van der Waals surface area contributed by atoms with E-state index in [2.05, 4.69) is 24.2 Å². The molecule has 2 aromatic heterocycles. The Kier molecular flexibility index (Phi) is 4.90. The van der Waals surface area contributed by atoms with Crippen molar-refractivity contribution in [1.82, 2.24) is 15.2 Å². The average Bonchev–Trinajstić information content (AvgIpc) is 3.47. The maximum Gasteiger partial charge on any atom is 0.276 e. The molecule has 3 heterocycles. The van der Waals surface area contributed by atoms with E-state index in [1.807, 2.05) is 30.3 Å². The number of ether oxygens (including phenoxy) is 1. The van der Waals surface area contributed by atoms with E-state index in [1.54, 1.807) is 18.1 Å². The molecule has 3 aromatic rings. The third-order valence-corrected chi connectivity index (χ3v) is 5.08. The number of aromatic nitrogens is 2. The van der Waals surface area contributed by atoms with Crippen molar-refractivity contribution >= 4 is 5.91 Å². The van der Waals surface area contributed by atoms with Gasteiger partial charge >= 0.3 is 0 Å². The van der Waals surface area contributed by atoms with Crippen LogP contribution < -0.4 is 4.74 Å². The molecule has 7 nitrogen and oxygen atoms in total. The van der Waals surface area contributed by atoms with Crippen LogP contribution in [0.15, 0.2) is 45.4 Å². The standard InChI is InChI=1S/C21H23N3O4/c1-13(2)15-11-20(28-22-15)17-8-6-10-24(17)21(25)16-12-19(27-23-16)14-7-4-5-9-18(14)26-3/h4-5,7,9,11-13,17H,6,8,10H2,1-3H3/t17-/m1/s1. The normalized spacial score (nSPS) is 16.7. The Morgan fingerprint density at radius 3 is 2.79 bits per heavy atom. The number of amides is 1. The molecule has 7 heteroatoms. The molecule has 146 valence electrons. The van der Waals surface area contributed by atoms with Gasteiger partial charge in [0.2, 0.25) is 0 Å². The highest BCUT2D eigenvalue weighted by atomic mass is 16.5. The fourth-order valence-electron chi connectivity index (χ4n) is 3.54. The molecule has 0 N–H and O–H groups in total. The van der Waals surface area contributed by atoms with Crippen molar-refractivity contribution in [3.05, 3.63) is 53.5 Å². The molecule has 1 aromatic carbocycles. The number of rotatable bonds is 5. The number of benzene rings is 1. The van der Waals surface area contributed by atoms with E-state index in [1.165, 1.54) is 0 Å². The second kappa shape index (κ2) is 7.50. The maximum absolute atomic E-state index is 13.1. The van der Waals surface area contributed by atoms with Gasteiger partial charge in [0.15, 0.2) is 17.2 Å². The lowest BCUT2D eigenvalue weighted by atomic mass is 10.1.